The summed E-state index contributed by atoms with van der Waals surface area (Å²) in [5.74, 6) is -0.250. The van der Waals surface area contributed by atoms with Gasteiger partial charge in [-0.05, 0) is 49.6 Å². The summed E-state index contributed by atoms with van der Waals surface area (Å²) in [5.41, 5.74) is 1.03. The van der Waals surface area contributed by atoms with Crippen molar-refractivity contribution >= 4 is 27.5 Å². The van der Waals surface area contributed by atoms with Gasteiger partial charge in [0.1, 0.15) is 18.2 Å². The van der Waals surface area contributed by atoms with Crippen LogP contribution in [0.15, 0.2) is 47.4 Å². The Hall–Kier alpha value is -2.16. The van der Waals surface area contributed by atoms with Crippen molar-refractivity contribution in [3.63, 3.8) is 0 Å². The third-order valence-corrected chi connectivity index (χ3v) is 7.29. The quantitative estimate of drug-likeness (QED) is 0.651. The zero-order valence-corrected chi connectivity index (χ0v) is 18.2. The summed E-state index contributed by atoms with van der Waals surface area (Å²) in [6, 6.07) is 11.0. The Balaban J connectivity index is 1.47. The average molecular weight is 455 g/mol. The molecule has 0 spiro atoms. The highest BCUT2D eigenvalue weighted by molar-refractivity contribution is 7.89. The second-order valence-corrected chi connectivity index (χ2v) is 9.50. The Morgan fingerprint density at radius 3 is 2.60 bits per heavy atom. The predicted octanol–water partition coefficient (Wildman–Crippen LogP) is 3.38. The molecule has 1 heterocycles. The smallest absolute Gasteiger partial charge is 0.243 e. The molecule has 0 aromatic heterocycles. The number of benzene rings is 2. The molecule has 0 radical (unpaired) electrons. The SMILES string of the molecule is Cc1ccccc1OCCNC(=O)C1CCN(S(=O)(=O)c2ccc(F)c(Cl)c2)CC1. The van der Waals surface area contributed by atoms with Gasteiger partial charge in [0.25, 0.3) is 0 Å². The maximum Gasteiger partial charge on any atom is 0.243 e. The molecular weight excluding hydrogens is 431 g/mol. The number of nitrogens with zero attached hydrogens (tertiary/aromatic N) is 1. The van der Waals surface area contributed by atoms with Crippen molar-refractivity contribution in [3.05, 3.63) is 58.9 Å². The third-order valence-electron chi connectivity index (χ3n) is 5.11. The summed E-state index contributed by atoms with van der Waals surface area (Å²) < 4.78 is 45.7. The number of sulfonamides is 1. The van der Waals surface area contributed by atoms with Crippen LogP contribution in [-0.4, -0.2) is 44.9 Å². The van der Waals surface area contributed by atoms with Crippen molar-refractivity contribution in [1.29, 1.82) is 0 Å². The van der Waals surface area contributed by atoms with E-state index >= 15 is 0 Å². The van der Waals surface area contributed by atoms with E-state index in [1.54, 1.807) is 0 Å². The molecule has 1 aliphatic heterocycles. The number of amides is 1. The molecule has 2 aromatic rings. The lowest BCUT2D eigenvalue weighted by molar-refractivity contribution is -0.126. The minimum absolute atomic E-state index is 0.0508. The first-order chi connectivity index (χ1) is 14.3. The van der Waals surface area contributed by atoms with Crippen LogP contribution >= 0.6 is 11.6 Å². The summed E-state index contributed by atoms with van der Waals surface area (Å²) in [6.07, 6.45) is 0.831. The highest BCUT2D eigenvalue weighted by atomic mass is 35.5. The van der Waals surface area contributed by atoms with Gasteiger partial charge >= 0.3 is 0 Å². The van der Waals surface area contributed by atoms with E-state index in [4.69, 9.17) is 16.3 Å². The van der Waals surface area contributed by atoms with Gasteiger partial charge in [-0.3, -0.25) is 4.79 Å². The standard InChI is InChI=1S/C21H24ClFN2O4S/c1-15-4-2-3-5-20(15)29-13-10-24-21(26)16-8-11-25(12-9-16)30(27,28)17-6-7-19(23)18(22)14-17/h2-7,14,16H,8-13H2,1H3,(H,24,26). The summed E-state index contributed by atoms with van der Waals surface area (Å²) >= 11 is 5.71. The number of aryl methyl sites for hydroxylation is 1. The summed E-state index contributed by atoms with van der Waals surface area (Å²) in [6.45, 7) is 3.12. The van der Waals surface area contributed by atoms with Gasteiger partial charge in [-0.2, -0.15) is 4.31 Å². The number of ether oxygens (including phenoxy) is 1. The van der Waals surface area contributed by atoms with Crippen molar-refractivity contribution in [2.24, 2.45) is 5.92 Å². The molecule has 162 valence electrons. The van der Waals surface area contributed by atoms with Crippen molar-refractivity contribution in [3.8, 4) is 5.75 Å². The van der Waals surface area contributed by atoms with E-state index in [1.165, 1.54) is 10.4 Å². The number of para-hydroxylation sites is 1. The monoisotopic (exact) mass is 454 g/mol. The predicted molar refractivity (Wildman–Crippen MR) is 113 cm³/mol. The summed E-state index contributed by atoms with van der Waals surface area (Å²) in [4.78, 5) is 12.3. The van der Waals surface area contributed by atoms with Crippen LogP contribution in [0.3, 0.4) is 0 Å². The molecule has 2 aromatic carbocycles. The molecule has 0 saturated carbocycles. The summed E-state index contributed by atoms with van der Waals surface area (Å²) in [5, 5.41) is 2.61. The van der Waals surface area contributed by atoms with Crippen LogP contribution in [0.5, 0.6) is 5.75 Å². The number of piperidine rings is 1. The van der Waals surface area contributed by atoms with Gasteiger partial charge in [0.2, 0.25) is 15.9 Å². The zero-order valence-electron chi connectivity index (χ0n) is 16.6. The van der Waals surface area contributed by atoms with Crippen molar-refractivity contribution in [1.82, 2.24) is 9.62 Å². The van der Waals surface area contributed by atoms with Gasteiger partial charge in [0.15, 0.2) is 0 Å². The van der Waals surface area contributed by atoms with Crippen LogP contribution < -0.4 is 10.1 Å². The highest BCUT2D eigenvalue weighted by Gasteiger charge is 2.32. The van der Waals surface area contributed by atoms with E-state index in [-0.39, 0.29) is 34.8 Å². The molecule has 1 N–H and O–H groups in total. The topological polar surface area (TPSA) is 75.7 Å². The normalized spacial score (nSPS) is 15.7. The largest absolute Gasteiger partial charge is 0.491 e. The molecule has 9 heteroatoms. The first kappa shape index (κ1) is 22.5. The minimum atomic E-state index is -3.78. The van der Waals surface area contributed by atoms with E-state index in [1.807, 2.05) is 31.2 Å². The molecule has 0 atom stereocenters. The lowest BCUT2D eigenvalue weighted by Crippen LogP contribution is -2.43. The van der Waals surface area contributed by atoms with E-state index in [0.717, 1.165) is 23.4 Å². The van der Waals surface area contributed by atoms with Gasteiger partial charge in [0.05, 0.1) is 16.5 Å². The fraction of sp³-hybridized carbons (Fsp3) is 0.381. The zero-order chi connectivity index (χ0) is 21.7. The fourth-order valence-corrected chi connectivity index (χ4v) is 5.08. The number of carbonyl (C=O) groups is 1. The first-order valence-electron chi connectivity index (χ1n) is 9.70. The second-order valence-electron chi connectivity index (χ2n) is 7.16. The third kappa shape index (κ3) is 5.30. The molecule has 1 amide bonds. The van der Waals surface area contributed by atoms with Crippen LogP contribution in [0.4, 0.5) is 4.39 Å². The first-order valence-corrected chi connectivity index (χ1v) is 11.5. The van der Waals surface area contributed by atoms with E-state index in [9.17, 15) is 17.6 Å². The molecule has 0 unspecified atom stereocenters. The molecule has 0 bridgehead atoms. The lowest BCUT2D eigenvalue weighted by Gasteiger charge is -2.30. The number of hydrogen-bond donors (Lipinski definition) is 1. The average Bonchev–Trinajstić information content (AvgIpc) is 2.74. The molecule has 1 fully saturated rings. The van der Waals surface area contributed by atoms with Crippen LogP contribution in [0.1, 0.15) is 18.4 Å². The number of rotatable bonds is 7. The molecular formula is C21H24ClFN2O4S. The van der Waals surface area contributed by atoms with Gasteiger partial charge in [0, 0.05) is 19.0 Å². The van der Waals surface area contributed by atoms with Crippen LogP contribution in [0, 0.1) is 18.7 Å². The Morgan fingerprint density at radius 1 is 1.23 bits per heavy atom. The number of carbonyl (C=O) groups excluding carboxylic acids is 1. The van der Waals surface area contributed by atoms with Crippen molar-refractivity contribution in [2.75, 3.05) is 26.2 Å². The van der Waals surface area contributed by atoms with Crippen LogP contribution in [-0.2, 0) is 14.8 Å². The Kier molecular flexibility index (Phi) is 7.33. The van der Waals surface area contributed by atoms with Crippen molar-refractivity contribution < 1.29 is 22.3 Å². The molecule has 3 rings (SSSR count). The van der Waals surface area contributed by atoms with Crippen LogP contribution in [0.25, 0.3) is 0 Å². The maximum absolute atomic E-state index is 13.3. The Bertz CT molecular complexity index is 1010. The molecule has 1 saturated heterocycles. The van der Waals surface area contributed by atoms with Crippen LogP contribution in [0.2, 0.25) is 5.02 Å². The highest BCUT2D eigenvalue weighted by Crippen LogP contribution is 2.26. The lowest BCUT2D eigenvalue weighted by atomic mass is 9.97. The second kappa shape index (κ2) is 9.76. The number of hydrogen-bond acceptors (Lipinski definition) is 4. The van der Waals surface area contributed by atoms with Gasteiger partial charge in [-0.25, -0.2) is 12.8 Å². The molecule has 0 aliphatic carbocycles. The Labute approximate surface area is 181 Å². The minimum Gasteiger partial charge on any atom is -0.491 e. The van der Waals surface area contributed by atoms with Gasteiger partial charge < -0.3 is 10.1 Å². The van der Waals surface area contributed by atoms with Gasteiger partial charge in [-0.1, -0.05) is 29.8 Å². The fourth-order valence-electron chi connectivity index (χ4n) is 3.34. The van der Waals surface area contributed by atoms with E-state index in [2.05, 4.69) is 5.32 Å². The Morgan fingerprint density at radius 2 is 1.93 bits per heavy atom. The van der Waals surface area contributed by atoms with Crippen molar-refractivity contribution in [2.45, 2.75) is 24.7 Å². The molecule has 30 heavy (non-hydrogen) atoms. The van der Waals surface area contributed by atoms with E-state index < -0.39 is 15.8 Å². The van der Waals surface area contributed by atoms with Gasteiger partial charge in [-0.15, -0.1) is 0 Å². The molecule has 1 aliphatic rings. The number of nitrogens with one attached hydrogen (secondary N) is 1. The van der Waals surface area contributed by atoms with E-state index in [0.29, 0.717) is 26.0 Å². The maximum atomic E-state index is 13.3. The molecule has 6 nitrogen and oxygen atoms in total. The number of halogens is 2. The summed E-state index contributed by atoms with van der Waals surface area (Å²) in [7, 11) is -3.78.